The molecule has 43 heavy (non-hydrogen) atoms. The van der Waals surface area contributed by atoms with E-state index in [0.717, 1.165) is 43.5 Å². The maximum Gasteiger partial charge on any atom is 0.339 e. The molecule has 4 atom stereocenters. The summed E-state index contributed by atoms with van der Waals surface area (Å²) in [5.74, 6) is -0.0368. The van der Waals surface area contributed by atoms with Gasteiger partial charge in [0.15, 0.2) is 23.2 Å². The van der Waals surface area contributed by atoms with Crippen LogP contribution in [0.25, 0.3) is 0 Å². The normalized spacial score (nSPS) is 25.7. The molecular weight excluding hydrogens is 556 g/mol. The summed E-state index contributed by atoms with van der Waals surface area (Å²) in [5, 5.41) is 22.0. The third kappa shape index (κ3) is 6.50. The summed E-state index contributed by atoms with van der Waals surface area (Å²) in [7, 11) is 5.28. The van der Waals surface area contributed by atoms with E-state index in [1.165, 1.54) is 0 Å². The Kier molecular flexibility index (Phi) is 9.00. The topological polar surface area (TPSA) is 127 Å². The third-order valence-electron chi connectivity index (χ3n) is 9.20. The van der Waals surface area contributed by atoms with Crippen LogP contribution in [0, 0.1) is 0 Å². The number of aliphatic hydroxyl groups is 2. The van der Waals surface area contributed by atoms with E-state index in [2.05, 4.69) is 11.0 Å². The van der Waals surface area contributed by atoms with E-state index in [0.29, 0.717) is 36.6 Å². The maximum absolute atomic E-state index is 14.0. The molecule has 0 amide bonds. The quantitative estimate of drug-likeness (QED) is 0.343. The Morgan fingerprint density at radius 2 is 1.88 bits per heavy atom. The van der Waals surface area contributed by atoms with Crippen LogP contribution in [0.2, 0.25) is 0 Å². The molecule has 5 rings (SSSR count). The third-order valence-corrected chi connectivity index (χ3v) is 9.20. The van der Waals surface area contributed by atoms with Crippen LogP contribution in [0.4, 0.5) is 0 Å². The number of esters is 2. The summed E-state index contributed by atoms with van der Waals surface area (Å²) in [4.78, 5) is 31.2. The number of carbonyl (C=O) groups is 2. The minimum atomic E-state index is -2.15. The molecule has 11 nitrogen and oxygen atoms in total. The second-order valence-electron chi connectivity index (χ2n) is 13.2. The van der Waals surface area contributed by atoms with Crippen molar-refractivity contribution >= 4 is 11.9 Å². The van der Waals surface area contributed by atoms with Crippen molar-refractivity contribution < 1.29 is 43.5 Å². The number of hydrogen-bond donors (Lipinski definition) is 2. The molecule has 2 unspecified atom stereocenters. The first kappa shape index (κ1) is 31.6. The summed E-state index contributed by atoms with van der Waals surface area (Å²) < 4.78 is 28.9. The molecule has 1 aromatic rings. The Labute approximate surface area is 253 Å². The monoisotopic (exact) mass is 602 g/mol. The number of likely N-dealkylation sites (N-methyl/N-ethyl adjacent to an activating group) is 1. The zero-order valence-electron chi connectivity index (χ0n) is 26.0. The SMILES string of the molecule is COC1=CC23CCCN2CCc2cc4c(cc2[C@@H]3C1OC(=O)[C@@](O)(CCCC(C)(C)O)CC(=O)OCCN(C)C)OCO4. The lowest BCUT2D eigenvalue weighted by molar-refractivity contribution is -0.179. The van der Waals surface area contributed by atoms with Gasteiger partial charge in [-0.3, -0.25) is 9.69 Å². The van der Waals surface area contributed by atoms with Crippen LogP contribution in [0.3, 0.4) is 0 Å². The largest absolute Gasteiger partial charge is 0.497 e. The zero-order valence-corrected chi connectivity index (χ0v) is 26.0. The Bertz CT molecular complexity index is 1240. The zero-order chi connectivity index (χ0) is 31.0. The van der Waals surface area contributed by atoms with Gasteiger partial charge in [0.1, 0.15) is 12.4 Å². The van der Waals surface area contributed by atoms with Crippen LogP contribution < -0.4 is 9.47 Å². The Morgan fingerprint density at radius 3 is 2.58 bits per heavy atom. The molecule has 0 radical (unpaired) electrons. The van der Waals surface area contributed by atoms with Crippen molar-refractivity contribution in [3.63, 3.8) is 0 Å². The second kappa shape index (κ2) is 12.3. The van der Waals surface area contributed by atoms with Crippen molar-refractivity contribution in [2.75, 3.05) is 54.2 Å². The number of ether oxygens (including phenoxy) is 5. The average Bonchev–Trinajstić information content (AvgIpc) is 3.61. The van der Waals surface area contributed by atoms with Crippen LogP contribution in [0.1, 0.15) is 69.4 Å². The van der Waals surface area contributed by atoms with Crippen LogP contribution in [0.15, 0.2) is 24.0 Å². The van der Waals surface area contributed by atoms with Gasteiger partial charge in [-0.2, -0.15) is 0 Å². The fourth-order valence-electron chi connectivity index (χ4n) is 7.03. The standard InChI is InChI=1S/C32H46N2O9/c1-30(2,37)9-6-11-32(38,19-26(35)40-15-14-33(3)4)29(36)43-28-25(39-5)18-31-10-7-12-34(31)13-8-21-16-23-24(42-20-41-23)17-22(21)27(28)31/h16-18,27-28,37-38H,6-15,19-20H2,1-5H3/t27-,28?,31?,32-/m1/s1. The Balaban J connectivity index is 1.45. The highest BCUT2D eigenvalue weighted by atomic mass is 16.7. The first-order valence-electron chi connectivity index (χ1n) is 15.3. The van der Waals surface area contributed by atoms with Crippen molar-refractivity contribution in [1.82, 2.24) is 9.80 Å². The predicted molar refractivity (Wildman–Crippen MR) is 157 cm³/mol. The molecule has 3 aliphatic heterocycles. The van der Waals surface area contributed by atoms with Crippen molar-refractivity contribution in [2.45, 2.75) is 87.6 Å². The van der Waals surface area contributed by atoms with Crippen molar-refractivity contribution in [1.29, 1.82) is 0 Å². The van der Waals surface area contributed by atoms with Gasteiger partial charge in [-0.25, -0.2) is 4.79 Å². The number of carbonyl (C=O) groups excluding carboxylic acids is 2. The summed E-state index contributed by atoms with van der Waals surface area (Å²) in [5.41, 5.74) is -1.47. The first-order valence-corrected chi connectivity index (χ1v) is 15.3. The molecule has 1 fully saturated rings. The predicted octanol–water partition coefficient (Wildman–Crippen LogP) is 2.51. The highest BCUT2D eigenvalue weighted by Gasteiger charge is 2.59. The summed E-state index contributed by atoms with van der Waals surface area (Å²) in [6, 6.07) is 4.02. The molecule has 238 valence electrons. The van der Waals surface area contributed by atoms with Gasteiger partial charge in [0.05, 0.1) is 30.6 Å². The van der Waals surface area contributed by atoms with E-state index >= 15 is 0 Å². The lowest BCUT2D eigenvalue weighted by Gasteiger charge is -2.39. The molecule has 11 heteroatoms. The number of fused-ring (bicyclic) bond motifs is 3. The molecule has 0 aromatic heterocycles. The molecule has 3 heterocycles. The highest BCUT2D eigenvalue weighted by Crippen LogP contribution is 2.55. The van der Waals surface area contributed by atoms with E-state index < -0.39 is 41.2 Å². The number of rotatable bonds is 12. The van der Waals surface area contributed by atoms with Gasteiger partial charge in [0.2, 0.25) is 6.79 Å². The van der Waals surface area contributed by atoms with Crippen molar-refractivity contribution in [2.24, 2.45) is 0 Å². The van der Waals surface area contributed by atoms with E-state index in [-0.39, 0.29) is 25.7 Å². The fourth-order valence-corrected chi connectivity index (χ4v) is 7.03. The maximum atomic E-state index is 14.0. The van der Waals surface area contributed by atoms with Crippen LogP contribution >= 0.6 is 0 Å². The lowest BCUT2D eigenvalue weighted by atomic mass is 9.77. The van der Waals surface area contributed by atoms with E-state index in [4.69, 9.17) is 23.7 Å². The molecule has 4 aliphatic rings. The molecule has 2 N–H and O–H groups in total. The number of benzene rings is 1. The van der Waals surface area contributed by atoms with Gasteiger partial charge in [-0.1, -0.05) is 0 Å². The molecule has 0 saturated carbocycles. The number of hydrogen-bond acceptors (Lipinski definition) is 11. The van der Waals surface area contributed by atoms with Gasteiger partial charge in [0.25, 0.3) is 0 Å². The van der Waals surface area contributed by atoms with Crippen LogP contribution in [-0.4, -0.2) is 109 Å². The number of methoxy groups -OCH3 is 1. The Morgan fingerprint density at radius 1 is 1.14 bits per heavy atom. The molecular formula is C32H46N2O9. The van der Waals surface area contributed by atoms with E-state index in [1.54, 1.807) is 21.0 Å². The Hall–Kier alpha value is -2.86. The molecule has 1 aromatic carbocycles. The summed E-state index contributed by atoms with van der Waals surface area (Å²) in [6.45, 7) is 5.86. The van der Waals surface area contributed by atoms with Crippen LogP contribution in [0.5, 0.6) is 11.5 Å². The second-order valence-corrected chi connectivity index (χ2v) is 13.2. The molecule has 1 aliphatic carbocycles. The van der Waals surface area contributed by atoms with Crippen molar-refractivity contribution in [3.8, 4) is 11.5 Å². The minimum absolute atomic E-state index is 0.0748. The lowest BCUT2D eigenvalue weighted by Crippen LogP contribution is -2.49. The van der Waals surface area contributed by atoms with Crippen molar-refractivity contribution in [3.05, 3.63) is 35.1 Å². The van der Waals surface area contributed by atoms with E-state index in [9.17, 15) is 19.8 Å². The van der Waals surface area contributed by atoms with Gasteiger partial charge >= 0.3 is 11.9 Å². The van der Waals surface area contributed by atoms with Gasteiger partial charge in [-0.15, -0.1) is 0 Å². The first-order chi connectivity index (χ1) is 20.3. The number of nitrogens with zero attached hydrogens (tertiary/aromatic N) is 2. The van der Waals surface area contributed by atoms with E-state index in [1.807, 2.05) is 31.1 Å². The van der Waals surface area contributed by atoms with Gasteiger partial charge in [0, 0.05) is 13.1 Å². The fraction of sp³-hybridized carbons (Fsp3) is 0.688. The summed E-state index contributed by atoms with van der Waals surface area (Å²) >= 11 is 0. The molecule has 0 bridgehead atoms. The highest BCUT2D eigenvalue weighted by molar-refractivity contribution is 5.86. The van der Waals surface area contributed by atoms with Crippen LogP contribution in [-0.2, 0) is 30.2 Å². The summed E-state index contributed by atoms with van der Waals surface area (Å²) in [6.07, 6.45) is 3.91. The molecule has 1 spiro atoms. The average molecular weight is 603 g/mol. The van der Waals surface area contributed by atoms with Gasteiger partial charge in [-0.05, 0) is 102 Å². The smallest absolute Gasteiger partial charge is 0.339 e. The van der Waals surface area contributed by atoms with Gasteiger partial charge < -0.3 is 38.8 Å². The molecule has 1 saturated heterocycles. The minimum Gasteiger partial charge on any atom is -0.497 e.